The number of hydrogen-bond acceptors (Lipinski definition) is 6. The summed E-state index contributed by atoms with van der Waals surface area (Å²) in [6.45, 7) is 3.65. The summed E-state index contributed by atoms with van der Waals surface area (Å²) in [6, 6.07) is 10.7. The molecule has 0 radical (unpaired) electrons. The standard InChI is InChI=1S/C29H36N6O7/c1-3-17(2)23(25(37)32-21(27(39)40)14-9-15-31-28(30)41)34-24(36)22(16-18-10-5-4-6-11-18)35-26(38)19-12-7-8-13-20(19)33-29(35)42/h4-8,10-13,17,21-23H,3,9,14-16H2,1-2H3,(H,32,37)(H,33,42)(H,34,36)(H,39,40)(H3,30,31,41)/t17-,21-,22+,23-/m0/s1. The summed E-state index contributed by atoms with van der Waals surface area (Å²) in [5, 5.41) is 17.4. The van der Waals surface area contributed by atoms with Crippen LogP contribution in [0, 0.1) is 5.92 Å². The zero-order valence-corrected chi connectivity index (χ0v) is 23.5. The van der Waals surface area contributed by atoms with E-state index in [2.05, 4.69) is 20.9 Å². The molecular weight excluding hydrogens is 544 g/mol. The molecule has 0 unspecified atom stereocenters. The first-order valence-electron chi connectivity index (χ1n) is 13.7. The number of primary amides is 1. The molecule has 0 bridgehead atoms. The zero-order chi connectivity index (χ0) is 30.8. The summed E-state index contributed by atoms with van der Waals surface area (Å²) in [7, 11) is 0. The fourth-order valence-corrected chi connectivity index (χ4v) is 4.59. The molecule has 1 aromatic heterocycles. The van der Waals surface area contributed by atoms with Gasteiger partial charge in [0.15, 0.2) is 0 Å². The Kier molecular flexibility index (Phi) is 11.0. The molecule has 0 saturated carbocycles. The van der Waals surface area contributed by atoms with Gasteiger partial charge in [-0.15, -0.1) is 0 Å². The van der Waals surface area contributed by atoms with Crippen molar-refractivity contribution >= 4 is 34.7 Å². The Morgan fingerprint density at radius 2 is 1.64 bits per heavy atom. The van der Waals surface area contributed by atoms with Gasteiger partial charge in [0.2, 0.25) is 11.8 Å². The zero-order valence-electron chi connectivity index (χ0n) is 23.5. The van der Waals surface area contributed by atoms with Crippen LogP contribution in [0.15, 0.2) is 64.2 Å². The van der Waals surface area contributed by atoms with Crippen molar-refractivity contribution in [2.75, 3.05) is 6.54 Å². The molecule has 4 atom stereocenters. The van der Waals surface area contributed by atoms with E-state index in [0.717, 1.165) is 4.57 Å². The van der Waals surface area contributed by atoms with Gasteiger partial charge in [0.1, 0.15) is 18.1 Å². The number of aliphatic carboxylic acids is 1. The number of aromatic nitrogens is 2. The largest absolute Gasteiger partial charge is 0.480 e. The minimum Gasteiger partial charge on any atom is -0.480 e. The van der Waals surface area contributed by atoms with E-state index in [1.165, 1.54) is 0 Å². The maximum atomic E-state index is 13.8. The Morgan fingerprint density at radius 3 is 2.29 bits per heavy atom. The van der Waals surface area contributed by atoms with Crippen LogP contribution < -0.4 is 32.9 Å². The van der Waals surface area contributed by atoms with Gasteiger partial charge in [-0.05, 0) is 36.5 Å². The van der Waals surface area contributed by atoms with Gasteiger partial charge in [0, 0.05) is 13.0 Å². The number of fused-ring (bicyclic) bond motifs is 1. The summed E-state index contributed by atoms with van der Waals surface area (Å²) < 4.78 is 0.849. The molecule has 1 heterocycles. The van der Waals surface area contributed by atoms with E-state index < -0.39 is 59.1 Å². The van der Waals surface area contributed by atoms with Crippen molar-refractivity contribution in [1.82, 2.24) is 25.5 Å². The van der Waals surface area contributed by atoms with Crippen molar-refractivity contribution in [3.8, 4) is 0 Å². The summed E-state index contributed by atoms with van der Waals surface area (Å²) in [5.74, 6) is -3.19. The number of nitrogens with zero attached hydrogens (tertiary/aromatic N) is 1. The van der Waals surface area contributed by atoms with Crippen LogP contribution in [-0.2, 0) is 20.8 Å². The molecule has 3 rings (SSSR count). The number of carboxylic acids is 1. The maximum Gasteiger partial charge on any atom is 0.329 e. The van der Waals surface area contributed by atoms with E-state index in [1.807, 2.05) is 0 Å². The molecule has 13 nitrogen and oxygen atoms in total. The molecule has 2 aromatic carbocycles. The lowest BCUT2D eigenvalue weighted by Crippen LogP contribution is -2.56. The summed E-state index contributed by atoms with van der Waals surface area (Å²) >= 11 is 0. The fraction of sp³-hybridized carbons (Fsp3) is 0.379. The molecule has 0 spiro atoms. The van der Waals surface area contributed by atoms with Gasteiger partial charge in [0.25, 0.3) is 5.56 Å². The summed E-state index contributed by atoms with van der Waals surface area (Å²) in [5.41, 5.74) is 4.58. The number of nitrogens with two attached hydrogens (primary N) is 1. The Labute approximate surface area is 241 Å². The predicted octanol–water partition coefficient (Wildman–Crippen LogP) is 1.02. The number of benzene rings is 2. The predicted molar refractivity (Wildman–Crippen MR) is 156 cm³/mol. The van der Waals surface area contributed by atoms with E-state index in [0.29, 0.717) is 17.5 Å². The first-order valence-corrected chi connectivity index (χ1v) is 13.7. The second-order valence-corrected chi connectivity index (χ2v) is 10.1. The third-order valence-electron chi connectivity index (χ3n) is 7.10. The van der Waals surface area contributed by atoms with Crippen LogP contribution >= 0.6 is 0 Å². The monoisotopic (exact) mass is 580 g/mol. The van der Waals surface area contributed by atoms with Crippen LogP contribution in [-0.4, -0.2) is 57.1 Å². The molecule has 4 amide bonds. The van der Waals surface area contributed by atoms with Crippen LogP contribution in [0.4, 0.5) is 4.79 Å². The fourth-order valence-electron chi connectivity index (χ4n) is 4.59. The van der Waals surface area contributed by atoms with Crippen LogP contribution in [0.5, 0.6) is 0 Å². The number of H-pyrrole nitrogens is 1. The number of hydrogen-bond donors (Lipinski definition) is 6. The van der Waals surface area contributed by atoms with E-state index in [-0.39, 0.29) is 31.2 Å². The number of amides is 4. The molecule has 7 N–H and O–H groups in total. The van der Waals surface area contributed by atoms with Gasteiger partial charge in [-0.2, -0.15) is 0 Å². The molecule has 3 aromatic rings. The second-order valence-electron chi connectivity index (χ2n) is 10.1. The SMILES string of the molecule is CC[C@H](C)[C@H](NC(=O)[C@@H](Cc1ccccc1)n1c(=O)[nH]c2ccccc2c1=O)C(=O)N[C@@H](CCCNC(N)=O)C(=O)O. The van der Waals surface area contributed by atoms with Crippen molar-refractivity contribution in [2.45, 2.75) is 57.7 Å². The lowest BCUT2D eigenvalue weighted by atomic mass is 9.96. The van der Waals surface area contributed by atoms with Crippen molar-refractivity contribution in [1.29, 1.82) is 0 Å². The number of carbonyl (C=O) groups excluding carboxylic acids is 3. The van der Waals surface area contributed by atoms with Gasteiger partial charge < -0.3 is 31.8 Å². The van der Waals surface area contributed by atoms with Crippen LogP contribution in [0.2, 0.25) is 0 Å². The normalized spacial score (nSPS) is 13.9. The Bertz CT molecular complexity index is 1530. The van der Waals surface area contributed by atoms with Gasteiger partial charge in [-0.25, -0.2) is 19.0 Å². The minimum atomic E-state index is -1.32. The van der Waals surface area contributed by atoms with Gasteiger partial charge in [-0.1, -0.05) is 62.7 Å². The molecule has 13 heteroatoms. The number of rotatable bonds is 14. The molecule has 0 saturated heterocycles. The van der Waals surface area contributed by atoms with Crippen LogP contribution in [0.25, 0.3) is 10.9 Å². The Hall–Kier alpha value is -4.94. The van der Waals surface area contributed by atoms with Crippen molar-refractivity contribution in [3.05, 3.63) is 81.0 Å². The molecule has 0 aliphatic rings. The van der Waals surface area contributed by atoms with E-state index in [1.54, 1.807) is 68.4 Å². The number of para-hydroxylation sites is 1. The molecule has 0 fully saturated rings. The van der Waals surface area contributed by atoms with Crippen molar-refractivity contribution in [3.63, 3.8) is 0 Å². The van der Waals surface area contributed by atoms with Gasteiger partial charge >= 0.3 is 17.7 Å². The molecule has 224 valence electrons. The first-order chi connectivity index (χ1) is 20.0. The number of carboxylic acid groups (broad SMARTS) is 1. The topological polar surface area (TPSA) is 205 Å². The minimum absolute atomic E-state index is 0.00101. The maximum absolute atomic E-state index is 13.8. The highest BCUT2D eigenvalue weighted by atomic mass is 16.4. The molecular formula is C29H36N6O7. The summed E-state index contributed by atoms with van der Waals surface area (Å²) in [4.78, 5) is 79.2. The smallest absolute Gasteiger partial charge is 0.329 e. The highest BCUT2D eigenvalue weighted by Crippen LogP contribution is 2.16. The first kappa shape index (κ1) is 31.6. The average molecular weight is 581 g/mol. The quantitative estimate of drug-likeness (QED) is 0.153. The Balaban J connectivity index is 1.93. The lowest BCUT2D eigenvalue weighted by molar-refractivity contribution is -0.142. The van der Waals surface area contributed by atoms with Crippen molar-refractivity contribution < 1.29 is 24.3 Å². The van der Waals surface area contributed by atoms with Gasteiger partial charge in [-0.3, -0.25) is 14.4 Å². The second kappa shape index (κ2) is 14.6. The molecule has 0 aliphatic carbocycles. The van der Waals surface area contributed by atoms with Crippen molar-refractivity contribution in [2.24, 2.45) is 11.7 Å². The highest BCUT2D eigenvalue weighted by molar-refractivity contribution is 5.92. The number of nitrogens with one attached hydrogen (secondary N) is 4. The number of urea groups is 1. The van der Waals surface area contributed by atoms with Crippen LogP contribution in [0.3, 0.4) is 0 Å². The summed E-state index contributed by atoms with van der Waals surface area (Å²) in [6.07, 6.45) is 0.667. The molecule has 0 aliphatic heterocycles. The highest BCUT2D eigenvalue weighted by Gasteiger charge is 2.33. The van der Waals surface area contributed by atoms with E-state index >= 15 is 0 Å². The lowest BCUT2D eigenvalue weighted by Gasteiger charge is -2.28. The number of aromatic amines is 1. The van der Waals surface area contributed by atoms with Gasteiger partial charge in [0.05, 0.1) is 10.9 Å². The average Bonchev–Trinajstić information content (AvgIpc) is 2.96. The Morgan fingerprint density at radius 1 is 0.976 bits per heavy atom. The third-order valence-corrected chi connectivity index (χ3v) is 7.10. The van der Waals surface area contributed by atoms with Crippen LogP contribution in [0.1, 0.15) is 44.7 Å². The third kappa shape index (κ3) is 8.05. The van der Waals surface area contributed by atoms with E-state index in [4.69, 9.17) is 5.73 Å². The number of carbonyl (C=O) groups is 4. The van der Waals surface area contributed by atoms with E-state index in [9.17, 15) is 33.9 Å². The molecule has 42 heavy (non-hydrogen) atoms.